The van der Waals surface area contributed by atoms with E-state index in [0.717, 1.165) is 23.3 Å². The van der Waals surface area contributed by atoms with Crippen LogP contribution in [0.25, 0.3) is 0 Å². The molecule has 0 unspecified atom stereocenters. The number of carbonyl (C=O) groups excluding carboxylic acids is 1. The number of benzene rings is 2. The molecule has 0 radical (unpaired) electrons. The third-order valence-electron chi connectivity index (χ3n) is 2.79. The molecular weight excluding hydrogens is 272 g/mol. The lowest BCUT2D eigenvalue weighted by Gasteiger charge is -2.04. The Morgan fingerprint density at radius 2 is 1.67 bits per heavy atom. The van der Waals surface area contributed by atoms with E-state index in [1.807, 2.05) is 31.2 Å². The summed E-state index contributed by atoms with van der Waals surface area (Å²) < 4.78 is 0. The zero-order valence-corrected chi connectivity index (χ0v) is 11.2. The van der Waals surface area contributed by atoms with Gasteiger partial charge in [0.25, 0.3) is 5.91 Å². The number of aromatic hydroxyl groups is 3. The Balaban J connectivity index is 2.06. The Kier molecular flexibility index (Phi) is 4.08. The van der Waals surface area contributed by atoms with E-state index in [4.69, 9.17) is 0 Å². The van der Waals surface area contributed by atoms with Gasteiger partial charge >= 0.3 is 0 Å². The molecule has 6 heteroatoms. The normalized spacial score (nSPS) is 10.7. The van der Waals surface area contributed by atoms with Crippen LogP contribution in [0.1, 0.15) is 21.5 Å². The summed E-state index contributed by atoms with van der Waals surface area (Å²) in [5.74, 6) is -2.45. The summed E-state index contributed by atoms with van der Waals surface area (Å²) in [6.07, 6.45) is 1.47. The average molecular weight is 286 g/mol. The molecule has 0 saturated heterocycles. The molecule has 0 aliphatic carbocycles. The van der Waals surface area contributed by atoms with Gasteiger partial charge in [0.1, 0.15) is 0 Å². The van der Waals surface area contributed by atoms with Crippen LogP contribution in [0, 0.1) is 6.92 Å². The number of hydrazone groups is 1. The van der Waals surface area contributed by atoms with E-state index in [0.29, 0.717) is 0 Å². The van der Waals surface area contributed by atoms with Gasteiger partial charge in [-0.25, -0.2) is 5.43 Å². The maximum absolute atomic E-state index is 11.8. The molecule has 2 aromatic carbocycles. The van der Waals surface area contributed by atoms with Gasteiger partial charge in [0.15, 0.2) is 17.2 Å². The number of amides is 1. The largest absolute Gasteiger partial charge is 0.504 e. The molecule has 0 fully saturated rings. The van der Waals surface area contributed by atoms with Gasteiger partial charge in [0.2, 0.25) is 0 Å². The van der Waals surface area contributed by atoms with Crippen LogP contribution >= 0.6 is 0 Å². The minimum Gasteiger partial charge on any atom is -0.504 e. The Hall–Kier alpha value is -3.02. The molecular formula is C15H14N2O4. The van der Waals surface area contributed by atoms with Crippen molar-refractivity contribution in [3.05, 3.63) is 53.1 Å². The van der Waals surface area contributed by atoms with E-state index in [1.165, 1.54) is 6.21 Å². The van der Waals surface area contributed by atoms with Gasteiger partial charge in [0.05, 0.1) is 6.21 Å². The maximum Gasteiger partial charge on any atom is 0.271 e. The topological polar surface area (TPSA) is 102 Å². The summed E-state index contributed by atoms with van der Waals surface area (Å²) >= 11 is 0. The molecule has 6 nitrogen and oxygen atoms in total. The first-order valence-electron chi connectivity index (χ1n) is 6.12. The van der Waals surface area contributed by atoms with Crippen molar-refractivity contribution in [1.29, 1.82) is 0 Å². The SMILES string of the molecule is Cc1ccc(C=NNC(=O)c2cc(O)c(O)c(O)c2)cc1. The van der Waals surface area contributed by atoms with Crippen LogP contribution in [0.5, 0.6) is 17.2 Å². The van der Waals surface area contributed by atoms with Crippen molar-refractivity contribution in [3.63, 3.8) is 0 Å². The first-order valence-corrected chi connectivity index (χ1v) is 6.12. The molecule has 0 aliphatic heterocycles. The Labute approximate surface area is 121 Å². The molecule has 0 aromatic heterocycles. The van der Waals surface area contributed by atoms with E-state index >= 15 is 0 Å². The summed E-state index contributed by atoms with van der Waals surface area (Å²) in [7, 11) is 0. The minimum atomic E-state index is -0.672. The standard InChI is InChI=1S/C15H14N2O4/c1-9-2-4-10(5-3-9)8-16-17-15(21)11-6-12(18)14(20)13(19)7-11/h2-8,18-20H,1H3,(H,17,21). The molecule has 2 aromatic rings. The van der Waals surface area contributed by atoms with Crippen molar-refractivity contribution in [3.8, 4) is 17.2 Å². The molecule has 0 saturated carbocycles. The number of hydrogen-bond donors (Lipinski definition) is 4. The number of hydrogen-bond acceptors (Lipinski definition) is 5. The zero-order valence-electron chi connectivity index (χ0n) is 11.2. The van der Waals surface area contributed by atoms with Crippen molar-refractivity contribution >= 4 is 12.1 Å². The fraction of sp³-hybridized carbons (Fsp3) is 0.0667. The molecule has 0 spiro atoms. The lowest BCUT2D eigenvalue weighted by atomic mass is 10.2. The van der Waals surface area contributed by atoms with E-state index in [2.05, 4.69) is 10.5 Å². The van der Waals surface area contributed by atoms with Crippen LogP contribution in [0.15, 0.2) is 41.5 Å². The van der Waals surface area contributed by atoms with Crippen molar-refractivity contribution in [2.24, 2.45) is 5.10 Å². The highest BCUT2D eigenvalue weighted by atomic mass is 16.3. The molecule has 0 bridgehead atoms. The second-order valence-corrected chi connectivity index (χ2v) is 4.47. The van der Waals surface area contributed by atoms with Crippen LogP contribution in [0.4, 0.5) is 0 Å². The maximum atomic E-state index is 11.8. The van der Waals surface area contributed by atoms with E-state index in [-0.39, 0.29) is 5.56 Å². The quantitative estimate of drug-likeness (QED) is 0.393. The van der Waals surface area contributed by atoms with E-state index in [1.54, 1.807) is 0 Å². The molecule has 0 heterocycles. The van der Waals surface area contributed by atoms with Crippen LogP contribution < -0.4 is 5.43 Å². The highest BCUT2D eigenvalue weighted by Crippen LogP contribution is 2.35. The first-order chi connectivity index (χ1) is 9.97. The number of nitrogens with zero attached hydrogens (tertiary/aromatic N) is 1. The van der Waals surface area contributed by atoms with Crippen LogP contribution in [-0.4, -0.2) is 27.4 Å². The number of carbonyl (C=O) groups is 1. The highest BCUT2D eigenvalue weighted by molar-refractivity contribution is 5.96. The molecule has 2 rings (SSSR count). The number of phenolic OH excluding ortho intramolecular Hbond substituents is 3. The van der Waals surface area contributed by atoms with Gasteiger partial charge in [-0.05, 0) is 24.6 Å². The van der Waals surface area contributed by atoms with Gasteiger partial charge in [-0.15, -0.1) is 0 Å². The van der Waals surface area contributed by atoms with Gasteiger partial charge in [-0.1, -0.05) is 29.8 Å². The second kappa shape index (κ2) is 5.96. The third-order valence-corrected chi connectivity index (χ3v) is 2.79. The van der Waals surface area contributed by atoms with E-state index < -0.39 is 23.2 Å². The van der Waals surface area contributed by atoms with Crippen molar-refractivity contribution in [1.82, 2.24) is 5.43 Å². The number of nitrogens with one attached hydrogen (secondary N) is 1. The molecule has 108 valence electrons. The highest BCUT2D eigenvalue weighted by Gasteiger charge is 2.12. The fourth-order valence-electron chi connectivity index (χ4n) is 1.62. The van der Waals surface area contributed by atoms with Crippen molar-refractivity contribution in [2.45, 2.75) is 6.92 Å². The van der Waals surface area contributed by atoms with Gasteiger partial charge in [-0.3, -0.25) is 4.79 Å². The van der Waals surface area contributed by atoms with Crippen molar-refractivity contribution < 1.29 is 20.1 Å². The van der Waals surface area contributed by atoms with Gasteiger partial charge in [0, 0.05) is 5.56 Å². The monoisotopic (exact) mass is 286 g/mol. The predicted octanol–water partition coefficient (Wildman–Crippen LogP) is 1.88. The van der Waals surface area contributed by atoms with Crippen LogP contribution in [0.2, 0.25) is 0 Å². The minimum absolute atomic E-state index is 0.0242. The average Bonchev–Trinajstić information content (AvgIpc) is 2.46. The summed E-state index contributed by atoms with van der Waals surface area (Å²) in [6.45, 7) is 1.96. The fourth-order valence-corrected chi connectivity index (χ4v) is 1.62. The molecule has 1 amide bonds. The lowest BCUT2D eigenvalue weighted by molar-refractivity contribution is 0.0954. The summed E-state index contributed by atoms with van der Waals surface area (Å²) in [4.78, 5) is 11.8. The van der Waals surface area contributed by atoms with E-state index in [9.17, 15) is 20.1 Å². The number of rotatable bonds is 3. The summed E-state index contributed by atoms with van der Waals surface area (Å²) in [5, 5.41) is 31.6. The Bertz CT molecular complexity index is 670. The molecule has 4 N–H and O–H groups in total. The van der Waals surface area contributed by atoms with Gasteiger partial charge in [-0.2, -0.15) is 5.10 Å². The molecule has 0 aliphatic rings. The molecule has 0 atom stereocenters. The number of aryl methyl sites for hydroxylation is 1. The Morgan fingerprint density at radius 3 is 2.24 bits per heavy atom. The van der Waals surface area contributed by atoms with Gasteiger partial charge < -0.3 is 15.3 Å². The second-order valence-electron chi connectivity index (χ2n) is 4.47. The zero-order chi connectivity index (χ0) is 15.4. The third kappa shape index (κ3) is 3.50. The smallest absolute Gasteiger partial charge is 0.271 e. The lowest BCUT2D eigenvalue weighted by Crippen LogP contribution is -2.17. The molecule has 21 heavy (non-hydrogen) atoms. The first kappa shape index (κ1) is 14.4. The summed E-state index contributed by atoms with van der Waals surface area (Å²) in [6, 6.07) is 9.60. The Morgan fingerprint density at radius 1 is 1.10 bits per heavy atom. The van der Waals surface area contributed by atoms with Crippen LogP contribution in [-0.2, 0) is 0 Å². The summed E-state index contributed by atoms with van der Waals surface area (Å²) in [5.41, 5.74) is 4.17. The van der Waals surface area contributed by atoms with Crippen LogP contribution in [0.3, 0.4) is 0 Å². The van der Waals surface area contributed by atoms with Crippen molar-refractivity contribution in [2.75, 3.05) is 0 Å². The number of phenols is 3. The predicted molar refractivity (Wildman–Crippen MR) is 77.7 cm³/mol.